The highest BCUT2D eigenvalue weighted by Crippen LogP contribution is 2.31. The van der Waals surface area contributed by atoms with Gasteiger partial charge in [-0.05, 0) is 24.6 Å². The van der Waals surface area contributed by atoms with E-state index in [2.05, 4.69) is 16.6 Å². The molecule has 0 bridgehead atoms. The standard InChI is InChI=1S/C18H20N2O5/c1-5-10-20-11(2)14(17(22)25-4)15(19-18(20)23)12-6-8-13(9-7-12)16(21)24-3/h5-9,15H,1,10H2,2-4H3,(H,19,23)/t15-/m0/s1. The monoisotopic (exact) mass is 344 g/mol. The second-order valence-corrected chi connectivity index (χ2v) is 5.39. The highest BCUT2D eigenvalue weighted by atomic mass is 16.5. The topological polar surface area (TPSA) is 84.9 Å². The molecule has 0 saturated carbocycles. The molecule has 1 aliphatic heterocycles. The van der Waals surface area contributed by atoms with Gasteiger partial charge in [0.2, 0.25) is 0 Å². The SMILES string of the molecule is C=CCN1C(=O)N[C@@H](c2ccc(C(=O)OC)cc2)C(C(=O)OC)=C1C. The van der Waals surface area contributed by atoms with Gasteiger partial charge in [0.25, 0.3) is 0 Å². The molecule has 7 nitrogen and oxygen atoms in total. The van der Waals surface area contributed by atoms with Crippen LogP contribution in [0.3, 0.4) is 0 Å². The number of nitrogens with one attached hydrogen (secondary N) is 1. The molecule has 0 fully saturated rings. The van der Waals surface area contributed by atoms with Gasteiger partial charge in [-0.25, -0.2) is 14.4 Å². The number of hydrogen-bond acceptors (Lipinski definition) is 5. The number of ether oxygens (including phenoxy) is 2. The molecule has 1 aromatic carbocycles. The molecule has 1 heterocycles. The first-order chi connectivity index (χ1) is 11.9. The maximum atomic E-state index is 12.4. The Labute approximate surface area is 145 Å². The van der Waals surface area contributed by atoms with Crippen LogP contribution < -0.4 is 5.32 Å². The lowest BCUT2D eigenvalue weighted by Gasteiger charge is -2.34. The third-order valence-electron chi connectivity index (χ3n) is 3.98. The van der Waals surface area contributed by atoms with Crippen LogP contribution in [-0.2, 0) is 14.3 Å². The molecule has 2 amide bonds. The zero-order valence-corrected chi connectivity index (χ0v) is 14.4. The predicted octanol–water partition coefficient (Wildman–Crippen LogP) is 2.17. The van der Waals surface area contributed by atoms with Crippen LogP contribution in [0.1, 0.15) is 28.9 Å². The zero-order chi connectivity index (χ0) is 18.6. The summed E-state index contributed by atoms with van der Waals surface area (Å²) in [5, 5.41) is 2.79. The molecular formula is C18H20N2O5. The molecule has 1 atom stereocenters. The van der Waals surface area contributed by atoms with Crippen LogP contribution in [0.5, 0.6) is 0 Å². The van der Waals surface area contributed by atoms with E-state index < -0.39 is 18.0 Å². The number of urea groups is 1. The summed E-state index contributed by atoms with van der Waals surface area (Å²) in [4.78, 5) is 37.6. The van der Waals surface area contributed by atoms with Crippen molar-refractivity contribution in [2.75, 3.05) is 20.8 Å². The van der Waals surface area contributed by atoms with Crippen LogP contribution in [0.2, 0.25) is 0 Å². The number of carbonyl (C=O) groups excluding carboxylic acids is 3. The lowest BCUT2D eigenvalue weighted by atomic mass is 9.94. The van der Waals surface area contributed by atoms with Gasteiger partial charge in [-0.3, -0.25) is 4.90 Å². The van der Waals surface area contributed by atoms with E-state index in [4.69, 9.17) is 4.74 Å². The molecule has 0 spiro atoms. The smallest absolute Gasteiger partial charge is 0.337 e. The molecular weight excluding hydrogens is 324 g/mol. The third kappa shape index (κ3) is 3.55. The van der Waals surface area contributed by atoms with Gasteiger partial charge in [-0.15, -0.1) is 6.58 Å². The van der Waals surface area contributed by atoms with Gasteiger partial charge in [0.15, 0.2) is 0 Å². The van der Waals surface area contributed by atoms with Crippen molar-refractivity contribution < 1.29 is 23.9 Å². The summed E-state index contributed by atoms with van der Waals surface area (Å²) >= 11 is 0. The Balaban J connectivity index is 2.47. The molecule has 1 aromatic rings. The molecule has 0 saturated heterocycles. The van der Waals surface area contributed by atoms with Crippen LogP contribution in [0.15, 0.2) is 48.2 Å². The van der Waals surface area contributed by atoms with Crippen molar-refractivity contribution in [3.63, 3.8) is 0 Å². The summed E-state index contributed by atoms with van der Waals surface area (Å²) in [5.41, 5.74) is 1.85. The fraction of sp³-hybridized carbons (Fsp3) is 0.278. The first-order valence-electron chi connectivity index (χ1n) is 7.60. The molecule has 0 aliphatic carbocycles. The Bertz CT molecular complexity index is 736. The van der Waals surface area contributed by atoms with Crippen molar-refractivity contribution in [2.24, 2.45) is 0 Å². The number of hydrogen-bond donors (Lipinski definition) is 1. The van der Waals surface area contributed by atoms with E-state index in [1.807, 2.05) is 0 Å². The molecule has 132 valence electrons. The van der Waals surface area contributed by atoms with Gasteiger partial charge in [-0.2, -0.15) is 0 Å². The molecule has 0 aromatic heterocycles. The van der Waals surface area contributed by atoms with E-state index in [0.717, 1.165) is 0 Å². The van der Waals surface area contributed by atoms with Crippen LogP contribution in [0.25, 0.3) is 0 Å². The molecule has 0 unspecified atom stereocenters. The number of esters is 2. The van der Waals surface area contributed by atoms with Gasteiger partial charge in [0.05, 0.1) is 31.4 Å². The average molecular weight is 344 g/mol. The van der Waals surface area contributed by atoms with Crippen molar-refractivity contribution >= 4 is 18.0 Å². The maximum absolute atomic E-state index is 12.4. The van der Waals surface area contributed by atoms with E-state index in [9.17, 15) is 14.4 Å². The highest BCUT2D eigenvalue weighted by Gasteiger charge is 2.35. The molecule has 7 heteroatoms. The average Bonchev–Trinajstić information content (AvgIpc) is 2.63. The summed E-state index contributed by atoms with van der Waals surface area (Å²) in [6.07, 6.45) is 1.57. The van der Waals surface area contributed by atoms with Crippen LogP contribution in [-0.4, -0.2) is 43.6 Å². The molecule has 25 heavy (non-hydrogen) atoms. The number of allylic oxidation sites excluding steroid dienone is 1. The third-order valence-corrected chi connectivity index (χ3v) is 3.98. The minimum atomic E-state index is -0.673. The fourth-order valence-corrected chi connectivity index (χ4v) is 2.68. The van der Waals surface area contributed by atoms with E-state index in [1.165, 1.54) is 19.1 Å². The predicted molar refractivity (Wildman–Crippen MR) is 90.7 cm³/mol. The first-order valence-corrected chi connectivity index (χ1v) is 7.60. The van der Waals surface area contributed by atoms with Crippen LogP contribution >= 0.6 is 0 Å². The summed E-state index contributed by atoms with van der Waals surface area (Å²) in [7, 11) is 2.58. The number of methoxy groups -OCH3 is 2. The number of benzene rings is 1. The van der Waals surface area contributed by atoms with Crippen molar-refractivity contribution in [2.45, 2.75) is 13.0 Å². The fourth-order valence-electron chi connectivity index (χ4n) is 2.68. The second kappa shape index (κ2) is 7.65. The minimum Gasteiger partial charge on any atom is -0.466 e. The van der Waals surface area contributed by atoms with Gasteiger partial charge in [0.1, 0.15) is 0 Å². The Hall–Kier alpha value is -3.09. The van der Waals surface area contributed by atoms with E-state index in [-0.39, 0.29) is 12.6 Å². The molecule has 1 N–H and O–H groups in total. The lowest BCUT2D eigenvalue weighted by Crippen LogP contribution is -2.48. The van der Waals surface area contributed by atoms with Crippen molar-refractivity contribution in [1.82, 2.24) is 10.2 Å². The number of carbonyl (C=O) groups is 3. The number of nitrogens with zero attached hydrogens (tertiary/aromatic N) is 1. The van der Waals surface area contributed by atoms with E-state index in [0.29, 0.717) is 22.4 Å². The Morgan fingerprint density at radius 2 is 1.80 bits per heavy atom. The molecule has 2 rings (SSSR count). The maximum Gasteiger partial charge on any atom is 0.337 e. The van der Waals surface area contributed by atoms with Crippen molar-refractivity contribution in [3.8, 4) is 0 Å². The minimum absolute atomic E-state index is 0.270. The zero-order valence-electron chi connectivity index (χ0n) is 14.4. The normalized spacial score (nSPS) is 17.0. The van der Waals surface area contributed by atoms with Gasteiger partial charge < -0.3 is 14.8 Å². The summed E-state index contributed by atoms with van der Waals surface area (Å²) < 4.78 is 9.54. The van der Waals surface area contributed by atoms with Gasteiger partial charge in [-0.1, -0.05) is 18.2 Å². The Morgan fingerprint density at radius 1 is 1.20 bits per heavy atom. The lowest BCUT2D eigenvalue weighted by molar-refractivity contribution is -0.136. The van der Waals surface area contributed by atoms with Crippen molar-refractivity contribution in [3.05, 3.63) is 59.3 Å². The number of amides is 2. The second-order valence-electron chi connectivity index (χ2n) is 5.39. The molecule has 1 aliphatic rings. The van der Waals surface area contributed by atoms with E-state index in [1.54, 1.807) is 37.3 Å². The molecule has 0 radical (unpaired) electrons. The summed E-state index contributed by atoms with van der Waals surface area (Å²) in [6.45, 7) is 5.58. The van der Waals surface area contributed by atoms with Crippen LogP contribution in [0, 0.1) is 0 Å². The largest absolute Gasteiger partial charge is 0.466 e. The Morgan fingerprint density at radius 3 is 2.32 bits per heavy atom. The van der Waals surface area contributed by atoms with E-state index >= 15 is 0 Å². The summed E-state index contributed by atoms with van der Waals surface area (Å²) in [6, 6.07) is 5.47. The first kappa shape index (κ1) is 18.3. The van der Waals surface area contributed by atoms with Gasteiger partial charge in [0, 0.05) is 12.2 Å². The van der Waals surface area contributed by atoms with Gasteiger partial charge >= 0.3 is 18.0 Å². The Kier molecular flexibility index (Phi) is 5.59. The quantitative estimate of drug-likeness (QED) is 0.654. The number of rotatable bonds is 5. The highest BCUT2D eigenvalue weighted by molar-refractivity contribution is 5.95. The summed E-state index contributed by atoms with van der Waals surface area (Å²) in [5.74, 6) is -0.995. The van der Waals surface area contributed by atoms with Crippen LogP contribution in [0.4, 0.5) is 4.79 Å². The van der Waals surface area contributed by atoms with Crippen molar-refractivity contribution in [1.29, 1.82) is 0 Å².